The maximum Gasteiger partial charge on any atom is 0.412 e. The van der Waals surface area contributed by atoms with Gasteiger partial charge in [-0.3, -0.25) is 15.0 Å². The Morgan fingerprint density at radius 3 is 2.71 bits per heavy atom. The molecule has 0 bridgehead atoms. The van der Waals surface area contributed by atoms with Crippen LogP contribution in [0.5, 0.6) is 0 Å². The number of nitrogens with zero attached hydrogens (tertiary/aromatic N) is 2. The number of H-pyrrole nitrogens is 1. The Labute approximate surface area is 245 Å². The molecule has 0 radical (unpaired) electrons. The lowest BCUT2D eigenvalue weighted by atomic mass is 9.82. The molecular formula is C31H28ClFN4O5. The van der Waals surface area contributed by atoms with Gasteiger partial charge in [0.05, 0.1) is 28.7 Å². The van der Waals surface area contributed by atoms with Gasteiger partial charge in [-0.25, -0.2) is 14.0 Å². The molecular weight excluding hydrogens is 563 g/mol. The summed E-state index contributed by atoms with van der Waals surface area (Å²) in [6, 6.07) is 19.6. The maximum atomic E-state index is 15.4. The van der Waals surface area contributed by atoms with E-state index in [2.05, 4.69) is 10.3 Å². The Bertz CT molecular complexity index is 1710. The maximum absolute atomic E-state index is 15.4. The number of piperidine rings is 1. The van der Waals surface area contributed by atoms with Gasteiger partial charge in [0, 0.05) is 35.9 Å². The standard InChI is InChI=1S/C31H28ClFN4O5/c1-36(30(40)41)20-8-10-23-19(15-20)16-25(34-23)21(14-18-6-3-2-4-7-18)28(38)37-13-5-12-31(17-37)26-24(35-29(39)42-31)11-9-22(32)27(26)33/h2-4,6-11,15-16,21,34H,5,12-14,17H2,1H3,(H,35,39)(H,40,41)/t21?,31-/m0/s1. The zero-order valence-electron chi connectivity index (χ0n) is 22.7. The molecule has 0 aliphatic carbocycles. The van der Waals surface area contributed by atoms with Crippen molar-refractivity contribution >= 4 is 52.0 Å². The number of benzene rings is 3. The number of hydrogen-bond donors (Lipinski definition) is 3. The van der Waals surface area contributed by atoms with E-state index in [1.165, 1.54) is 13.1 Å². The first kappa shape index (κ1) is 27.6. The molecule has 9 nitrogen and oxygen atoms in total. The van der Waals surface area contributed by atoms with Gasteiger partial charge in [-0.15, -0.1) is 0 Å². The van der Waals surface area contributed by atoms with Crippen LogP contribution in [0.25, 0.3) is 10.9 Å². The zero-order valence-corrected chi connectivity index (χ0v) is 23.5. The van der Waals surface area contributed by atoms with Gasteiger partial charge in [0.1, 0.15) is 0 Å². The summed E-state index contributed by atoms with van der Waals surface area (Å²) in [5.41, 5.74) is 1.90. The van der Waals surface area contributed by atoms with E-state index >= 15 is 4.39 Å². The van der Waals surface area contributed by atoms with Crippen molar-refractivity contribution in [3.8, 4) is 0 Å². The molecule has 42 heavy (non-hydrogen) atoms. The monoisotopic (exact) mass is 590 g/mol. The van der Waals surface area contributed by atoms with Gasteiger partial charge in [0.15, 0.2) is 11.4 Å². The summed E-state index contributed by atoms with van der Waals surface area (Å²) in [7, 11) is 1.47. The van der Waals surface area contributed by atoms with Crippen LogP contribution in [0.15, 0.2) is 66.7 Å². The quantitative estimate of drug-likeness (QED) is 0.246. The molecule has 0 saturated carbocycles. The number of hydrogen-bond acceptors (Lipinski definition) is 4. The van der Waals surface area contributed by atoms with E-state index in [1.54, 1.807) is 29.2 Å². The number of rotatable bonds is 5. The van der Waals surface area contributed by atoms with Crippen molar-refractivity contribution < 1.29 is 28.6 Å². The van der Waals surface area contributed by atoms with E-state index in [4.69, 9.17) is 16.3 Å². The molecule has 1 unspecified atom stereocenters. The Balaban J connectivity index is 1.38. The van der Waals surface area contributed by atoms with Crippen molar-refractivity contribution in [1.82, 2.24) is 9.88 Å². The van der Waals surface area contributed by atoms with Crippen LogP contribution in [0.3, 0.4) is 0 Å². The number of halogens is 2. The molecule has 11 heteroatoms. The Morgan fingerprint density at radius 1 is 1.17 bits per heavy atom. The number of nitrogens with one attached hydrogen (secondary N) is 2. The Morgan fingerprint density at radius 2 is 1.95 bits per heavy atom. The van der Waals surface area contributed by atoms with Crippen LogP contribution < -0.4 is 10.2 Å². The topological polar surface area (TPSA) is 115 Å². The van der Waals surface area contributed by atoms with Crippen LogP contribution in [0, 0.1) is 5.82 Å². The lowest BCUT2D eigenvalue weighted by Crippen LogP contribution is -2.54. The predicted octanol–water partition coefficient (Wildman–Crippen LogP) is 6.48. The smallest absolute Gasteiger partial charge is 0.412 e. The van der Waals surface area contributed by atoms with E-state index in [9.17, 15) is 19.5 Å². The van der Waals surface area contributed by atoms with Crippen molar-refractivity contribution in [3.05, 3.63) is 94.4 Å². The first-order valence-electron chi connectivity index (χ1n) is 13.6. The average Bonchev–Trinajstić information content (AvgIpc) is 3.40. The van der Waals surface area contributed by atoms with Crippen LogP contribution in [0.1, 0.15) is 35.6 Å². The number of likely N-dealkylation sites (tertiary alicyclic amines) is 1. The number of ether oxygens (including phenoxy) is 1. The van der Waals surface area contributed by atoms with Crippen molar-refractivity contribution in [3.63, 3.8) is 0 Å². The second-order valence-electron chi connectivity index (χ2n) is 10.7. The van der Waals surface area contributed by atoms with Gasteiger partial charge in [0.25, 0.3) is 0 Å². The largest absolute Gasteiger partial charge is 0.465 e. The summed E-state index contributed by atoms with van der Waals surface area (Å²) in [5.74, 6) is -1.52. The lowest BCUT2D eigenvalue weighted by molar-refractivity contribution is -0.141. The second kappa shape index (κ2) is 10.7. The molecule has 216 valence electrons. The highest BCUT2D eigenvalue weighted by Gasteiger charge is 2.49. The van der Waals surface area contributed by atoms with Gasteiger partial charge in [-0.05, 0) is 61.2 Å². The summed E-state index contributed by atoms with van der Waals surface area (Å²) in [4.78, 5) is 44.5. The third-order valence-corrected chi connectivity index (χ3v) is 8.39. The molecule has 1 saturated heterocycles. The fraction of sp³-hybridized carbons (Fsp3) is 0.258. The van der Waals surface area contributed by atoms with Gasteiger partial charge in [-0.2, -0.15) is 0 Å². The number of aromatic amines is 1. The third-order valence-electron chi connectivity index (χ3n) is 8.10. The SMILES string of the molecule is CN(C(=O)O)c1ccc2[nH]c(C(Cc3ccccc3)C(=O)N3CCC[C@@]4(C3)OC(=O)Nc3ccc(Cl)c(F)c34)cc2c1. The number of carboxylic acid groups (broad SMARTS) is 1. The average molecular weight is 591 g/mol. The number of amides is 3. The van der Waals surface area contributed by atoms with Gasteiger partial charge < -0.3 is 19.7 Å². The Kier molecular flexibility index (Phi) is 7.02. The van der Waals surface area contributed by atoms with Crippen LogP contribution >= 0.6 is 11.6 Å². The summed E-state index contributed by atoms with van der Waals surface area (Å²) in [6.45, 7) is 0.380. The molecule has 2 aliphatic heterocycles. The van der Waals surface area contributed by atoms with E-state index in [-0.39, 0.29) is 28.7 Å². The van der Waals surface area contributed by atoms with E-state index in [0.717, 1.165) is 21.4 Å². The minimum Gasteiger partial charge on any atom is -0.465 e. The predicted molar refractivity (Wildman–Crippen MR) is 157 cm³/mol. The van der Waals surface area contributed by atoms with Crippen LogP contribution in [-0.4, -0.2) is 53.2 Å². The van der Waals surface area contributed by atoms with Crippen molar-refractivity contribution in [2.75, 3.05) is 30.4 Å². The third kappa shape index (κ3) is 4.92. The Hall–Kier alpha value is -4.57. The molecule has 2 atom stereocenters. The first-order valence-corrected chi connectivity index (χ1v) is 13.9. The number of aromatic nitrogens is 1. The van der Waals surface area contributed by atoms with E-state index in [0.29, 0.717) is 37.2 Å². The number of carbonyl (C=O) groups excluding carboxylic acids is 2. The minimum absolute atomic E-state index is 0.0252. The number of carbonyl (C=O) groups is 3. The molecule has 3 heterocycles. The highest BCUT2D eigenvalue weighted by Crippen LogP contribution is 2.45. The van der Waals surface area contributed by atoms with Gasteiger partial charge in [-0.1, -0.05) is 41.9 Å². The number of fused-ring (bicyclic) bond motifs is 3. The summed E-state index contributed by atoms with van der Waals surface area (Å²) < 4.78 is 21.2. The highest BCUT2D eigenvalue weighted by atomic mass is 35.5. The van der Waals surface area contributed by atoms with Gasteiger partial charge >= 0.3 is 12.2 Å². The second-order valence-corrected chi connectivity index (χ2v) is 11.1. The minimum atomic E-state index is -1.38. The molecule has 1 fully saturated rings. The zero-order chi connectivity index (χ0) is 29.6. The summed E-state index contributed by atoms with van der Waals surface area (Å²) in [5, 5.41) is 12.6. The summed E-state index contributed by atoms with van der Waals surface area (Å²) in [6.07, 6.45) is -0.587. The van der Waals surface area contributed by atoms with Crippen molar-refractivity contribution in [2.45, 2.75) is 30.8 Å². The molecule has 4 aromatic rings. The summed E-state index contributed by atoms with van der Waals surface area (Å²) >= 11 is 6.13. The number of anilines is 2. The molecule has 6 rings (SSSR count). The van der Waals surface area contributed by atoms with Crippen molar-refractivity contribution in [2.24, 2.45) is 0 Å². The normalized spacial score (nSPS) is 18.7. The molecule has 1 spiro atoms. The van der Waals surface area contributed by atoms with E-state index in [1.807, 2.05) is 36.4 Å². The van der Waals surface area contributed by atoms with Crippen LogP contribution in [-0.2, 0) is 21.6 Å². The molecule has 3 aromatic carbocycles. The highest BCUT2D eigenvalue weighted by molar-refractivity contribution is 6.31. The molecule has 3 amide bonds. The fourth-order valence-corrected chi connectivity index (χ4v) is 6.17. The molecule has 3 N–H and O–H groups in total. The lowest BCUT2D eigenvalue weighted by Gasteiger charge is -2.45. The molecule has 1 aromatic heterocycles. The van der Waals surface area contributed by atoms with E-state index < -0.39 is 29.5 Å². The van der Waals surface area contributed by atoms with Crippen LogP contribution in [0.4, 0.5) is 25.4 Å². The van der Waals surface area contributed by atoms with Crippen LogP contribution in [0.2, 0.25) is 5.02 Å². The first-order chi connectivity index (χ1) is 20.1. The van der Waals surface area contributed by atoms with Gasteiger partial charge in [0.2, 0.25) is 5.91 Å². The van der Waals surface area contributed by atoms with Crippen molar-refractivity contribution in [1.29, 1.82) is 0 Å². The fourth-order valence-electron chi connectivity index (χ4n) is 6.01. The molecule has 2 aliphatic rings.